The lowest BCUT2D eigenvalue weighted by molar-refractivity contribution is -0.148. The molecule has 3 N–H and O–H groups in total. The quantitative estimate of drug-likeness (QED) is 0.0584. The van der Waals surface area contributed by atoms with Crippen LogP contribution in [0.25, 0.3) is 22.3 Å². The Balaban J connectivity index is 0.000000366. The van der Waals surface area contributed by atoms with Crippen LogP contribution in [0, 0.1) is 0 Å². The second-order valence-electron chi connectivity index (χ2n) is 11.8. The summed E-state index contributed by atoms with van der Waals surface area (Å²) in [6.07, 6.45) is -1.13. The molecule has 0 aliphatic heterocycles. The van der Waals surface area contributed by atoms with E-state index in [2.05, 4.69) is 15.3 Å². The number of ether oxygens (including phenoxy) is 1. The number of rotatable bonds is 16. The van der Waals surface area contributed by atoms with Gasteiger partial charge in [-0.15, -0.1) is 23.5 Å². The molecule has 0 spiro atoms. The first-order valence-electron chi connectivity index (χ1n) is 17.1. The van der Waals surface area contributed by atoms with Gasteiger partial charge in [0.05, 0.1) is 28.9 Å². The lowest BCUT2D eigenvalue weighted by atomic mass is 9.99. The highest BCUT2D eigenvalue weighted by Crippen LogP contribution is 2.30. The number of benzene rings is 2. The highest BCUT2D eigenvalue weighted by Gasteiger charge is 2.30. The molecule has 2 aromatic heterocycles. The Morgan fingerprint density at radius 3 is 1.53 bits per heavy atom. The first-order chi connectivity index (χ1) is 26.2. The molecule has 8 nitrogen and oxygen atoms in total. The fraction of sp³-hybridized carbons (Fsp3) is 0.385. The van der Waals surface area contributed by atoms with Crippen LogP contribution >= 0.6 is 23.5 Å². The summed E-state index contributed by atoms with van der Waals surface area (Å²) in [7, 11) is 0. The maximum Gasteiger partial charge on any atom is 0.315 e. The van der Waals surface area contributed by atoms with Crippen molar-refractivity contribution in [3.8, 4) is 22.3 Å². The molecule has 0 bridgehead atoms. The highest BCUT2D eigenvalue weighted by molar-refractivity contribution is 7.98. The molecular weight excluding hydrogens is 767 g/mol. The predicted molar refractivity (Wildman–Crippen MR) is 206 cm³/mol. The summed E-state index contributed by atoms with van der Waals surface area (Å²) in [5.74, 6) is -3.04. The topological polar surface area (TPSA) is 113 Å². The van der Waals surface area contributed by atoms with Crippen LogP contribution in [0.4, 0.5) is 26.3 Å². The SMILES string of the molecule is CC.CSc1ccc(-c2ccc(C(CCF)OC(C)(C)NC(=O)C(F)F)cc2)cn1.CSc1ccc(-c2ccc(C(O)C(CF)NC(=O)C(F)F)cc2)cn1. The summed E-state index contributed by atoms with van der Waals surface area (Å²) < 4.78 is 81.3. The molecule has 3 unspecified atom stereocenters. The number of nitrogens with zero attached hydrogens (tertiary/aromatic N) is 2. The van der Waals surface area contributed by atoms with Crippen molar-refractivity contribution in [2.24, 2.45) is 0 Å². The largest absolute Gasteiger partial charge is 0.386 e. The van der Waals surface area contributed by atoms with Gasteiger partial charge in [-0.1, -0.05) is 74.5 Å². The zero-order chi connectivity index (χ0) is 41.1. The van der Waals surface area contributed by atoms with Crippen LogP contribution in [0.1, 0.15) is 57.5 Å². The maximum absolute atomic E-state index is 13.0. The van der Waals surface area contributed by atoms with E-state index in [1.54, 1.807) is 65.9 Å². The molecule has 2 heterocycles. The summed E-state index contributed by atoms with van der Waals surface area (Å²) in [5, 5.41) is 15.8. The normalized spacial score (nSPS) is 12.8. The smallest absolute Gasteiger partial charge is 0.315 e. The average molecular weight is 813 g/mol. The van der Waals surface area contributed by atoms with Crippen molar-refractivity contribution in [1.29, 1.82) is 0 Å². The molecule has 16 heteroatoms. The number of alkyl halides is 6. The van der Waals surface area contributed by atoms with Crippen molar-refractivity contribution in [2.45, 2.75) is 81.0 Å². The number of halogens is 6. The van der Waals surface area contributed by atoms with Crippen LogP contribution in [-0.2, 0) is 14.3 Å². The summed E-state index contributed by atoms with van der Waals surface area (Å²) >= 11 is 3.08. The summed E-state index contributed by atoms with van der Waals surface area (Å²) in [4.78, 5) is 30.9. The van der Waals surface area contributed by atoms with Crippen molar-refractivity contribution in [1.82, 2.24) is 20.6 Å². The number of pyridine rings is 2. The predicted octanol–water partition coefficient (Wildman–Crippen LogP) is 9.25. The molecule has 0 saturated carbocycles. The molecule has 2 aromatic carbocycles. The molecule has 4 rings (SSSR count). The maximum atomic E-state index is 13.0. The lowest BCUT2D eigenvalue weighted by Crippen LogP contribution is -2.48. The van der Waals surface area contributed by atoms with E-state index in [-0.39, 0.29) is 6.42 Å². The van der Waals surface area contributed by atoms with Crippen LogP contribution in [0.15, 0.2) is 95.2 Å². The Bertz CT molecular complexity index is 1720. The highest BCUT2D eigenvalue weighted by atomic mass is 32.2. The first-order valence-corrected chi connectivity index (χ1v) is 19.5. The van der Waals surface area contributed by atoms with Gasteiger partial charge in [0.2, 0.25) is 0 Å². The number of amides is 2. The van der Waals surface area contributed by atoms with E-state index < -0.39 is 62.0 Å². The van der Waals surface area contributed by atoms with E-state index in [1.165, 1.54) is 25.6 Å². The molecule has 0 aliphatic rings. The third-order valence-electron chi connectivity index (χ3n) is 7.60. The number of hydrogen-bond acceptors (Lipinski definition) is 8. The van der Waals surface area contributed by atoms with Crippen LogP contribution < -0.4 is 10.6 Å². The number of nitrogens with one attached hydrogen (secondary N) is 2. The van der Waals surface area contributed by atoms with Gasteiger partial charge in [0.1, 0.15) is 18.5 Å². The number of aliphatic hydroxyl groups excluding tert-OH is 1. The van der Waals surface area contributed by atoms with Gasteiger partial charge in [-0.05, 0) is 60.7 Å². The van der Waals surface area contributed by atoms with Gasteiger partial charge in [0.15, 0.2) is 0 Å². The molecule has 2 amide bonds. The van der Waals surface area contributed by atoms with Gasteiger partial charge in [-0.3, -0.25) is 14.0 Å². The van der Waals surface area contributed by atoms with Gasteiger partial charge in [0, 0.05) is 29.9 Å². The number of aliphatic hydroxyl groups is 1. The van der Waals surface area contributed by atoms with Crippen molar-refractivity contribution < 1.29 is 45.8 Å². The van der Waals surface area contributed by atoms with Crippen LogP contribution in [0.2, 0.25) is 0 Å². The molecule has 55 heavy (non-hydrogen) atoms. The minimum atomic E-state index is -3.26. The standard InChI is InChI=1S/C20H23F3N2O2S.C17H17F3N2O2S.C2H6/c1-20(2,25-19(26)18(22)23)27-16(10-11-21)14-6-4-13(5-7-14)15-8-9-17(28-3)24-12-15;1-25-14-7-6-12(9-21-14)10-2-4-11(5-3-10)15(23)13(8-18)22-17(24)16(19)20;1-2/h4-9,12,16,18H,10-11H2,1-3H3,(H,25,26);2-7,9,13,15-16,23H,8H2,1H3,(H,22,24);1-2H3. The van der Waals surface area contributed by atoms with Gasteiger partial charge in [0.25, 0.3) is 11.8 Å². The fourth-order valence-corrected chi connectivity index (χ4v) is 5.64. The van der Waals surface area contributed by atoms with Crippen molar-refractivity contribution in [3.05, 3.63) is 96.3 Å². The number of carbonyl (C=O) groups is 2. The summed E-state index contributed by atoms with van der Waals surface area (Å²) in [6, 6.07) is 20.1. The minimum Gasteiger partial charge on any atom is -0.386 e. The number of hydrogen-bond donors (Lipinski definition) is 3. The molecule has 3 atom stereocenters. The molecule has 4 aromatic rings. The molecule has 0 aliphatic carbocycles. The zero-order valence-corrected chi connectivity index (χ0v) is 32.9. The second kappa shape index (κ2) is 23.7. The Hall–Kier alpha value is -4.12. The van der Waals surface area contributed by atoms with Gasteiger partial charge in [-0.2, -0.15) is 17.6 Å². The van der Waals surface area contributed by atoms with Crippen molar-refractivity contribution in [2.75, 3.05) is 25.9 Å². The fourth-order valence-electron chi connectivity index (χ4n) is 4.92. The van der Waals surface area contributed by atoms with E-state index >= 15 is 0 Å². The number of thioether (sulfide) groups is 2. The first kappa shape index (κ1) is 47.0. The van der Waals surface area contributed by atoms with Gasteiger partial charge < -0.3 is 20.5 Å². The van der Waals surface area contributed by atoms with Gasteiger partial charge >= 0.3 is 12.9 Å². The molecule has 0 fully saturated rings. The Labute approximate surface area is 326 Å². The van der Waals surface area contributed by atoms with Crippen molar-refractivity contribution in [3.63, 3.8) is 0 Å². The van der Waals surface area contributed by atoms with E-state index in [0.717, 1.165) is 32.3 Å². The van der Waals surface area contributed by atoms with E-state index in [1.807, 2.05) is 62.8 Å². The van der Waals surface area contributed by atoms with E-state index in [9.17, 15) is 41.0 Å². The average Bonchev–Trinajstić information content (AvgIpc) is 3.20. The molecule has 0 saturated heterocycles. The lowest BCUT2D eigenvalue weighted by Gasteiger charge is -2.31. The monoisotopic (exact) mass is 812 g/mol. The second-order valence-corrected chi connectivity index (χ2v) is 13.5. The molecule has 0 radical (unpaired) electrons. The van der Waals surface area contributed by atoms with Crippen molar-refractivity contribution >= 4 is 35.3 Å². The molecular formula is C39H46F6N4O4S2. The number of aromatic nitrogens is 2. The zero-order valence-electron chi connectivity index (χ0n) is 31.2. The van der Waals surface area contributed by atoms with Crippen LogP contribution in [0.3, 0.4) is 0 Å². The van der Waals surface area contributed by atoms with Crippen LogP contribution in [-0.4, -0.2) is 77.4 Å². The summed E-state index contributed by atoms with van der Waals surface area (Å²) in [6.45, 7) is 5.09. The minimum absolute atomic E-state index is 0.0390. The van der Waals surface area contributed by atoms with Gasteiger partial charge in [-0.25, -0.2) is 14.4 Å². The molecule has 300 valence electrons. The van der Waals surface area contributed by atoms with E-state index in [0.29, 0.717) is 11.1 Å². The Morgan fingerprint density at radius 1 is 0.727 bits per heavy atom. The number of carbonyl (C=O) groups excluding carboxylic acids is 2. The third-order valence-corrected chi connectivity index (χ3v) is 8.92. The van der Waals surface area contributed by atoms with Crippen LogP contribution in [0.5, 0.6) is 0 Å². The third kappa shape index (κ3) is 15.1. The Morgan fingerprint density at radius 2 is 1.16 bits per heavy atom. The Kier molecular flexibility index (Phi) is 20.3. The van der Waals surface area contributed by atoms with E-state index in [4.69, 9.17) is 4.74 Å². The summed E-state index contributed by atoms with van der Waals surface area (Å²) in [5.41, 5.74) is 3.22.